The van der Waals surface area contributed by atoms with Gasteiger partial charge < -0.3 is 14.6 Å². The van der Waals surface area contributed by atoms with Crippen molar-refractivity contribution in [3.05, 3.63) is 32.4 Å². The van der Waals surface area contributed by atoms with Gasteiger partial charge in [0.1, 0.15) is 0 Å². The lowest BCUT2D eigenvalue weighted by Gasteiger charge is -1.93. The Morgan fingerprint density at radius 2 is 1.94 bits per heavy atom. The van der Waals surface area contributed by atoms with E-state index in [-0.39, 0.29) is 6.61 Å². The van der Waals surface area contributed by atoms with E-state index in [1.54, 1.807) is 0 Å². The molecule has 16 heavy (non-hydrogen) atoms. The Labute approximate surface area is 98.6 Å². The van der Waals surface area contributed by atoms with Crippen LogP contribution in [0.5, 0.6) is 0 Å². The average molecular weight is 231 g/mol. The molecule has 95 valence electrons. The van der Waals surface area contributed by atoms with Gasteiger partial charge in [0.05, 0.1) is 20.0 Å². The van der Waals surface area contributed by atoms with Gasteiger partial charge in [-0.3, -0.25) is 0 Å². The number of aliphatic hydroxyl groups excluding tert-OH is 1. The van der Waals surface area contributed by atoms with E-state index in [9.17, 15) is 4.79 Å². The summed E-state index contributed by atoms with van der Waals surface area (Å²) in [4.78, 5) is 9.84. The molecule has 0 rings (SSSR count). The maximum Gasteiger partial charge on any atom is 0.329 e. The van der Waals surface area contributed by atoms with Crippen LogP contribution in [0, 0.1) is 6.92 Å². The number of ether oxygens (including phenoxy) is 2. The number of carbonyl (C=O) groups excluding carboxylic acids is 1. The predicted octanol–water partition coefficient (Wildman–Crippen LogP) is 2.10. The Morgan fingerprint density at radius 3 is 2.12 bits per heavy atom. The molecule has 0 amide bonds. The van der Waals surface area contributed by atoms with Gasteiger partial charge in [0.25, 0.3) is 0 Å². The molecule has 4 heteroatoms. The molecule has 0 unspecified atom stereocenters. The quantitative estimate of drug-likeness (QED) is 0.341. The number of methoxy groups -OCH3 is 1. The van der Waals surface area contributed by atoms with Gasteiger partial charge in [0.15, 0.2) is 0 Å². The van der Waals surface area contributed by atoms with E-state index in [0.717, 1.165) is 19.1 Å². The van der Waals surface area contributed by atoms with Crippen LogP contribution in [-0.2, 0) is 14.3 Å². The fourth-order valence-corrected chi connectivity index (χ4v) is 0.394. The molecular formula is C12H23O4. The lowest BCUT2D eigenvalue weighted by molar-refractivity contribution is -0.134. The Bertz CT molecular complexity index is 155. The second-order valence-corrected chi connectivity index (χ2v) is 2.34. The molecule has 0 aromatic carbocycles. The van der Waals surface area contributed by atoms with Crippen molar-refractivity contribution in [3.63, 3.8) is 0 Å². The fraction of sp³-hybridized carbons (Fsp3) is 0.500. The molecule has 0 aliphatic carbocycles. The van der Waals surface area contributed by atoms with Gasteiger partial charge in [0, 0.05) is 12.7 Å². The van der Waals surface area contributed by atoms with E-state index in [1.807, 2.05) is 0 Å². The van der Waals surface area contributed by atoms with Crippen LogP contribution in [0.1, 0.15) is 19.8 Å². The molecule has 4 nitrogen and oxygen atoms in total. The Hall–Kier alpha value is -1.29. The second kappa shape index (κ2) is 23.5. The first-order valence-corrected chi connectivity index (χ1v) is 4.97. The highest BCUT2D eigenvalue weighted by molar-refractivity contribution is 5.80. The van der Waals surface area contributed by atoms with Crippen molar-refractivity contribution in [2.75, 3.05) is 20.3 Å². The summed E-state index contributed by atoms with van der Waals surface area (Å²) in [6.45, 7) is 12.6. The monoisotopic (exact) mass is 231 g/mol. The Morgan fingerprint density at radius 1 is 1.44 bits per heavy atom. The normalized spacial score (nSPS) is 7.25. The topological polar surface area (TPSA) is 55.8 Å². The summed E-state index contributed by atoms with van der Waals surface area (Å²) in [5.74, 6) is -0.394. The van der Waals surface area contributed by atoms with Crippen LogP contribution >= 0.6 is 0 Å². The minimum absolute atomic E-state index is 0. The third kappa shape index (κ3) is 38.7. The predicted molar refractivity (Wildman–Crippen MR) is 65.7 cm³/mol. The van der Waals surface area contributed by atoms with Crippen LogP contribution < -0.4 is 0 Å². The van der Waals surface area contributed by atoms with E-state index >= 15 is 0 Å². The molecule has 0 saturated carbocycles. The summed E-state index contributed by atoms with van der Waals surface area (Å²) < 4.78 is 8.98. The average Bonchev–Trinajstić information content (AvgIpc) is 2.30. The maximum absolute atomic E-state index is 9.84. The number of unbranched alkanes of at least 4 members (excludes halogenated alkanes) is 1. The highest BCUT2D eigenvalue weighted by Gasteiger charge is 1.81. The first kappa shape index (κ1) is 20.2. The Kier molecular flexibility index (Phi) is 29.6. The lowest BCUT2D eigenvalue weighted by atomic mass is 10.4. The minimum atomic E-state index is -0.394. The molecule has 0 fully saturated rings. The van der Waals surface area contributed by atoms with Crippen LogP contribution in [0.15, 0.2) is 25.5 Å². The zero-order chi connectivity index (χ0) is 13.2. The SMILES string of the molecule is C=CC(=O)OC.C=COCCCC.[CH2]CO. The first-order valence-electron chi connectivity index (χ1n) is 4.97. The molecule has 1 N–H and O–H groups in total. The molecule has 1 radical (unpaired) electrons. The van der Waals surface area contributed by atoms with Crippen LogP contribution in [0.4, 0.5) is 0 Å². The van der Waals surface area contributed by atoms with Crippen molar-refractivity contribution in [1.82, 2.24) is 0 Å². The molecule has 0 aromatic heterocycles. The summed E-state index contributed by atoms with van der Waals surface area (Å²) in [6, 6.07) is 0. The van der Waals surface area contributed by atoms with Crippen molar-refractivity contribution >= 4 is 5.97 Å². The third-order valence-electron chi connectivity index (χ3n) is 1.10. The van der Waals surface area contributed by atoms with E-state index in [1.165, 1.54) is 19.8 Å². The van der Waals surface area contributed by atoms with E-state index < -0.39 is 5.97 Å². The molecule has 0 atom stereocenters. The largest absolute Gasteiger partial charge is 0.502 e. The highest BCUT2D eigenvalue weighted by atomic mass is 16.5. The van der Waals surface area contributed by atoms with E-state index in [0.29, 0.717) is 0 Å². The molecule has 0 bridgehead atoms. The van der Waals surface area contributed by atoms with Crippen LogP contribution in [0.3, 0.4) is 0 Å². The van der Waals surface area contributed by atoms with Gasteiger partial charge in [-0.2, -0.15) is 0 Å². The molecule has 0 heterocycles. The van der Waals surface area contributed by atoms with E-state index in [4.69, 9.17) is 9.84 Å². The minimum Gasteiger partial charge on any atom is -0.502 e. The van der Waals surface area contributed by atoms with Gasteiger partial charge in [-0.25, -0.2) is 4.79 Å². The number of rotatable bonds is 5. The zero-order valence-corrected chi connectivity index (χ0v) is 10.3. The Balaban J connectivity index is -0.000000172. The summed E-state index contributed by atoms with van der Waals surface area (Å²) in [5, 5.41) is 7.46. The molecule has 0 aliphatic heterocycles. The van der Waals surface area contributed by atoms with Crippen LogP contribution in [0.2, 0.25) is 0 Å². The molecular weight excluding hydrogens is 208 g/mol. The maximum atomic E-state index is 9.84. The van der Waals surface area contributed by atoms with Crippen molar-refractivity contribution in [2.24, 2.45) is 0 Å². The summed E-state index contributed by atoms with van der Waals surface area (Å²) >= 11 is 0. The van der Waals surface area contributed by atoms with Gasteiger partial charge >= 0.3 is 5.97 Å². The fourth-order valence-electron chi connectivity index (χ4n) is 0.394. The van der Waals surface area contributed by atoms with Crippen molar-refractivity contribution in [3.8, 4) is 0 Å². The third-order valence-corrected chi connectivity index (χ3v) is 1.10. The molecule has 0 aliphatic rings. The number of hydrogen-bond donors (Lipinski definition) is 1. The smallest absolute Gasteiger partial charge is 0.329 e. The highest BCUT2D eigenvalue weighted by Crippen LogP contribution is 1.85. The van der Waals surface area contributed by atoms with Crippen LogP contribution in [0.25, 0.3) is 0 Å². The van der Waals surface area contributed by atoms with Crippen molar-refractivity contribution in [2.45, 2.75) is 19.8 Å². The molecule has 0 spiro atoms. The van der Waals surface area contributed by atoms with Gasteiger partial charge in [0.2, 0.25) is 0 Å². The van der Waals surface area contributed by atoms with Gasteiger partial charge in [-0.05, 0) is 13.3 Å². The van der Waals surface area contributed by atoms with Crippen LogP contribution in [-0.4, -0.2) is 31.4 Å². The van der Waals surface area contributed by atoms with Crippen molar-refractivity contribution in [1.29, 1.82) is 0 Å². The number of esters is 1. The zero-order valence-electron chi connectivity index (χ0n) is 10.3. The lowest BCUT2D eigenvalue weighted by Crippen LogP contribution is -1.91. The standard InChI is InChI=1S/C6H12O.C4H6O2.C2H5O/c1-3-5-6-7-4-2;1-3-4(5)6-2;1-2-3/h4H,2-3,5-6H2,1H3;3H,1H2,2H3;3H,1-2H2. The van der Waals surface area contributed by atoms with Gasteiger partial charge in [-0.1, -0.05) is 26.5 Å². The first-order chi connectivity index (χ1) is 7.64. The molecule has 0 saturated heterocycles. The number of hydrogen-bond acceptors (Lipinski definition) is 4. The number of aliphatic hydroxyl groups is 1. The van der Waals surface area contributed by atoms with Gasteiger partial charge in [-0.15, -0.1) is 0 Å². The summed E-state index contributed by atoms with van der Waals surface area (Å²) in [6.07, 6.45) is 4.91. The van der Waals surface area contributed by atoms with Crippen molar-refractivity contribution < 1.29 is 19.4 Å². The number of carbonyl (C=O) groups is 1. The summed E-state index contributed by atoms with van der Waals surface area (Å²) in [5.41, 5.74) is 0. The molecule has 0 aromatic rings. The second-order valence-electron chi connectivity index (χ2n) is 2.34. The summed E-state index contributed by atoms with van der Waals surface area (Å²) in [7, 11) is 1.31. The van der Waals surface area contributed by atoms with E-state index in [2.05, 4.69) is 31.7 Å².